The van der Waals surface area contributed by atoms with E-state index in [9.17, 15) is 0 Å². The first kappa shape index (κ1) is 16.4. The normalized spacial score (nSPS) is 4.00. The minimum Gasteiger partial charge on any atom is -0.356 e. The molecule has 0 aromatic carbocycles. The fourth-order valence-electron chi connectivity index (χ4n) is 0. The Kier molecular flexibility index (Phi) is 24.5. The van der Waals surface area contributed by atoms with E-state index in [1.165, 1.54) is 0 Å². The van der Waals surface area contributed by atoms with Crippen LogP contribution >= 0.6 is 9.90 Å². The average molecular weight is 160 g/mol. The van der Waals surface area contributed by atoms with Gasteiger partial charge in [0.1, 0.15) is 0 Å². The zero-order valence-electron chi connectivity index (χ0n) is 2.68. The summed E-state index contributed by atoms with van der Waals surface area (Å²) in [4.78, 5) is 8.25. The Morgan fingerprint density at radius 1 is 1.33 bits per heavy atom. The van der Waals surface area contributed by atoms with Gasteiger partial charge >= 0.3 is 17.1 Å². The molecule has 0 aliphatic rings. The molecule has 0 aliphatic heterocycles. The maximum atomic E-state index is 8.25. The summed E-state index contributed by atoms with van der Waals surface area (Å²) in [6.07, 6.45) is 0. The van der Waals surface area contributed by atoms with Crippen LogP contribution in [0, 0.1) is 15.3 Å². The second kappa shape index (κ2) is 8.94. The van der Waals surface area contributed by atoms with Crippen molar-refractivity contribution in [1.82, 2.24) is 0 Å². The van der Waals surface area contributed by atoms with Gasteiger partial charge in [-0.1, -0.05) is 0 Å². The standard InChI is InChI=1S/Cu.NO3.H3P/c;2-1(3)4;/h;;1H3/q+1;-1;. The van der Waals surface area contributed by atoms with E-state index in [0.717, 1.165) is 0 Å². The van der Waals surface area contributed by atoms with E-state index < -0.39 is 5.09 Å². The van der Waals surface area contributed by atoms with E-state index in [2.05, 4.69) is 0 Å². The van der Waals surface area contributed by atoms with E-state index in [4.69, 9.17) is 15.3 Å². The minimum absolute atomic E-state index is 0. The maximum absolute atomic E-state index is 8.25. The molecule has 6 heavy (non-hydrogen) atoms. The van der Waals surface area contributed by atoms with Crippen LogP contribution in [0.5, 0.6) is 0 Å². The van der Waals surface area contributed by atoms with Crippen molar-refractivity contribution in [3.63, 3.8) is 0 Å². The van der Waals surface area contributed by atoms with Gasteiger partial charge in [-0.15, -0.1) is 0 Å². The molecule has 0 spiro atoms. The van der Waals surface area contributed by atoms with Gasteiger partial charge in [0.2, 0.25) is 0 Å². The first-order valence-electron chi connectivity index (χ1n) is 0.548. The Labute approximate surface area is 48.1 Å². The molecule has 1 atom stereocenters. The van der Waals surface area contributed by atoms with E-state index in [0.29, 0.717) is 0 Å². The second-order valence-corrected chi connectivity index (χ2v) is 0.224. The maximum Gasteiger partial charge on any atom is 1.00 e. The van der Waals surface area contributed by atoms with Crippen molar-refractivity contribution < 1.29 is 22.2 Å². The zero-order valence-corrected chi connectivity index (χ0v) is 5.04. The van der Waals surface area contributed by atoms with Crippen LogP contribution in [0.3, 0.4) is 0 Å². The summed E-state index contributed by atoms with van der Waals surface area (Å²) < 4.78 is 0. The van der Waals surface area contributed by atoms with Crippen LogP contribution in [0.4, 0.5) is 0 Å². The summed E-state index contributed by atoms with van der Waals surface area (Å²) in [6, 6.07) is 0. The van der Waals surface area contributed by atoms with Crippen LogP contribution in [0.15, 0.2) is 0 Å². The van der Waals surface area contributed by atoms with Gasteiger partial charge < -0.3 is 15.3 Å². The van der Waals surface area contributed by atoms with Gasteiger partial charge in [-0.25, -0.2) is 0 Å². The molecule has 0 heterocycles. The van der Waals surface area contributed by atoms with Crippen LogP contribution in [-0.4, -0.2) is 5.09 Å². The molecule has 0 aromatic heterocycles. The molecule has 0 rings (SSSR count). The monoisotopic (exact) mass is 159 g/mol. The molecule has 0 radical (unpaired) electrons. The SMILES string of the molecule is O=[N+]([O-])[O-].P.[Cu+]. The Hall–Kier alpha value is 0.149. The van der Waals surface area contributed by atoms with E-state index in [-0.39, 0.29) is 27.0 Å². The molecule has 42 valence electrons. The summed E-state index contributed by atoms with van der Waals surface area (Å²) in [7, 11) is 0. The van der Waals surface area contributed by atoms with Crippen LogP contribution in [0.2, 0.25) is 0 Å². The van der Waals surface area contributed by atoms with Crippen LogP contribution in [0.25, 0.3) is 0 Å². The number of hydrogen-bond donors (Lipinski definition) is 0. The van der Waals surface area contributed by atoms with Crippen molar-refractivity contribution in [1.29, 1.82) is 0 Å². The first-order valence-corrected chi connectivity index (χ1v) is 0.548. The summed E-state index contributed by atoms with van der Waals surface area (Å²) in [5.41, 5.74) is 0. The average Bonchev–Trinajstić information content (AvgIpc) is 0.811. The predicted molar refractivity (Wildman–Crippen MR) is 21.5 cm³/mol. The molecule has 0 saturated carbocycles. The van der Waals surface area contributed by atoms with E-state index in [1.807, 2.05) is 0 Å². The number of nitrogens with zero attached hydrogens (tertiary/aromatic N) is 1. The van der Waals surface area contributed by atoms with Crippen LogP contribution < -0.4 is 0 Å². The summed E-state index contributed by atoms with van der Waals surface area (Å²) in [5.74, 6) is 0. The third-order valence-corrected chi connectivity index (χ3v) is 0. The van der Waals surface area contributed by atoms with E-state index in [1.54, 1.807) is 0 Å². The molecular formula is H3CuNO3P. The molecule has 0 saturated heterocycles. The van der Waals surface area contributed by atoms with Gasteiger partial charge in [0.05, 0.1) is 5.09 Å². The fraction of sp³-hybridized carbons (Fsp3) is 0. The van der Waals surface area contributed by atoms with Gasteiger partial charge in [0, 0.05) is 0 Å². The summed E-state index contributed by atoms with van der Waals surface area (Å²) in [6.45, 7) is 0. The molecule has 0 N–H and O–H groups in total. The molecule has 0 bridgehead atoms. The van der Waals surface area contributed by atoms with Crippen molar-refractivity contribution in [3.05, 3.63) is 15.3 Å². The topological polar surface area (TPSA) is 66.2 Å². The van der Waals surface area contributed by atoms with Crippen molar-refractivity contribution in [3.8, 4) is 0 Å². The van der Waals surface area contributed by atoms with Crippen LogP contribution in [-0.2, 0) is 17.1 Å². The molecule has 1 unspecified atom stereocenters. The Balaban J connectivity index is -0.0000000450. The molecular weight excluding hydrogens is 157 g/mol. The molecule has 0 aliphatic carbocycles. The zero-order chi connectivity index (χ0) is 3.58. The Morgan fingerprint density at radius 3 is 1.33 bits per heavy atom. The van der Waals surface area contributed by atoms with Crippen LogP contribution in [0.1, 0.15) is 0 Å². The molecule has 6 heteroatoms. The summed E-state index contributed by atoms with van der Waals surface area (Å²) in [5, 5.41) is 14.8. The molecule has 0 aromatic rings. The quantitative estimate of drug-likeness (QED) is 0.213. The number of rotatable bonds is 0. The molecule has 4 nitrogen and oxygen atoms in total. The minimum atomic E-state index is -1.75. The molecule has 0 fully saturated rings. The van der Waals surface area contributed by atoms with Crippen molar-refractivity contribution in [2.75, 3.05) is 0 Å². The summed E-state index contributed by atoms with van der Waals surface area (Å²) >= 11 is 0. The van der Waals surface area contributed by atoms with Gasteiger partial charge in [0.25, 0.3) is 0 Å². The predicted octanol–water partition coefficient (Wildman–Crippen LogP) is -0.184. The Morgan fingerprint density at radius 2 is 1.33 bits per heavy atom. The first-order chi connectivity index (χ1) is 1.73. The third kappa shape index (κ3) is 1840. The largest absolute Gasteiger partial charge is 1.00 e. The second-order valence-electron chi connectivity index (χ2n) is 0.224. The number of hydrogen-bond acceptors (Lipinski definition) is 3. The third-order valence-electron chi connectivity index (χ3n) is 0. The van der Waals surface area contributed by atoms with Crippen molar-refractivity contribution in [2.24, 2.45) is 0 Å². The molecule has 0 amide bonds. The van der Waals surface area contributed by atoms with Gasteiger partial charge in [-0.05, 0) is 0 Å². The van der Waals surface area contributed by atoms with Gasteiger partial charge in [-0.2, -0.15) is 9.90 Å². The van der Waals surface area contributed by atoms with Gasteiger partial charge in [-0.3, -0.25) is 0 Å². The Bertz CT molecular complexity index is 33.8. The van der Waals surface area contributed by atoms with Crippen molar-refractivity contribution >= 4 is 9.90 Å². The van der Waals surface area contributed by atoms with E-state index >= 15 is 0 Å². The van der Waals surface area contributed by atoms with Gasteiger partial charge in [0.15, 0.2) is 0 Å². The van der Waals surface area contributed by atoms with Crippen molar-refractivity contribution in [2.45, 2.75) is 0 Å². The fourth-order valence-corrected chi connectivity index (χ4v) is 0. The smallest absolute Gasteiger partial charge is 0.356 e.